The number of nitrogens with two attached hydrogens (primary N) is 1. The van der Waals surface area contributed by atoms with E-state index in [1.54, 1.807) is 0 Å². The summed E-state index contributed by atoms with van der Waals surface area (Å²) in [5.41, 5.74) is 6.85. The molecule has 25 heavy (non-hydrogen) atoms. The molecule has 0 bridgehead atoms. The summed E-state index contributed by atoms with van der Waals surface area (Å²) in [5, 5.41) is 0. The summed E-state index contributed by atoms with van der Waals surface area (Å²) in [6.07, 6.45) is 1.65. The lowest BCUT2D eigenvalue weighted by Gasteiger charge is -2.37. The summed E-state index contributed by atoms with van der Waals surface area (Å²) in [5.74, 6) is 1.63. The number of piperidine rings is 1. The van der Waals surface area contributed by atoms with E-state index in [9.17, 15) is 4.79 Å². The second kappa shape index (κ2) is 8.56. The molecule has 2 rings (SSSR count). The molecule has 1 saturated heterocycles. The number of carbonyl (C=O) groups excluding carboxylic acids is 1. The van der Waals surface area contributed by atoms with E-state index in [-0.39, 0.29) is 12.0 Å². The lowest BCUT2D eigenvalue weighted by molar-refractivity contribution is 0.0174. The molecular formula is C20H32N2O3. The quantitative estimate of drug-likeness (QED) is 0.879. The molecule has 2 N–H and O–H groups in total. The molecule has 0 aliphatic carbocycles. The first-order valence-electron chi connectivity index (χ1n) is 9.25. The highest BCUT2D eigenvalue weighted by Gasteiger charge is 2.31. The smallest absolute Gasteiger partial charge is 0.410 e. The Balaban J connectivity index is 2.02. The van der Waals surface area contributed by atoms with Crippen molar-refractivity contribution in [3.05, 3.63) is 29.8 Å². The number of benzene rings is 1. The minimum absolute atomic E-state index is 0.218. The molecular weight excluding hydrogens is 316 g/mol. The van der Waals surface area contributed by atoms with Crippen LogP contribution in [0.5, 0.6) is 5.75 Å². The van der Waals surface area contributed by atoms with Gasteiger partial charge in [0, 0.05) is 19.0 Å². The second-order valence-corrected chi connectivity index (χ2v) is 7.62. The molecule has 1 fully saturated rings. The molecule has 1 aromatic rings. The molecule has 1 amide bonds. The minimum atomic E-state index is -0.454. The number of ether oxygens (including phenoxy) is 2. The highest BCUT2D eigenvalue weighted by Crippen LogP contribution is 2.36. The maximum absolute atomic E-state index is 12.2. The second-order valence-electron chi connectivity index (χ2n) is 7.62. The van der Waals surface area contributed by atoms with Crippen molar-refractivity contribution in [1.82, 2.24) is 4.90 Å². The van der Waals surface area contributed by atoms with Crippen molar-refractivity contribution < 1.29 is 14.3 Å². The summed E-state index contributed by atoms with van der Waals surface area (Å²) in [4.78, 5) is 14.0. The van der Waals surface area contributed by atoms with Crippen LogP contribution in [-0.4, -0.2) is 42.8 Å². The normalized spacial score (nSPS) is 17.2. The van der Waals surface area contributed by atoms with Gasteiger partial charge >= 0.3 is 6.09 Å². The first-order valence-corrected chi connectivity index (χ1v) is 9.25. The van der Waals surface area contributed by atoms with E-state index in [0.717, 1.165) is 18.6 Å². The van der Waals surface area contributed by atoms with E-state index >= 15 is 0 Å². The average molecular weight is 348 g/mol. The van der Waals surface area contributed by atoms with Crippen molar-refractivity contribution in [3.63, 3.8) is 0 Å². The summed E-state index contributed by atoms with van der Waals surface area (Å²) in [6.45, 7) is 10.3. The van der Waals surface area contributed by atoms with Crippen LogP contribution in [0.2, 0.25) is 0 Å². The molecule has 1 atom stereocenters. The van der Waals surface area contributed by atoms with Gasteiger partial charge in [-0.1, -0.05) is 18.2 Å². The van der Waals surface area contributed by atoms with Crippen LogP contribution in [0.15, 0.2) is 24.3 Å². The van der Waals surface area contributed by atoms with Crippen molar-refractivity contribution in [2.24, 2.45) is 11.7 Å². The van der Waals surface area contributed by atoms with E-state index in [1.165, 1.54) is 5.56 Å². The third-order valence-electron chi connectivity index (χ3n) is 4.63. The number of carbonyl (C=O) groups is 1. The van der Waals surface area contributed by atoms with Crippen molar-refractivity contribution in [2.75, 3.05) is 26.2 Å². The lowest BCUT2D eigenvalue weighted by Crippen LogP contribution is -2.43. The predicted octanol–water partition coefficient (Wildman–Crippen LogP) is 3.77. The monoisotopic (exact) mass is 348 g/mol. The van der Waals surface area contributed by atoms with Crippen LogP contribution in [0.1, 0.15) is 52.0 Å². The zero-order chi connectivity index (χ0) is 18.4. The maximum atomic E-state index is 12.2. The first-order chi connectivity index (χ1) is 11.9. The van der Waals surface area contributed by atoms with Crippen molar-refractivity contribution >= 4 is 6.09 Å². The van der Waals surface area contributed by atoms with Gasteiger partial charge < -0.3 is 20.1 Å². The Kier molecular flexibility index (Phi) is 6.71. The topological polar surface area (TPSA) is 64.8 Å². The largest absolute Gasteiger partial charge is 0.494 e. The fraction of sp³-hybridized carbons (Fsp3) is 0.650. The molecule has 0 saturated carbocycles. The zero-order valence-electron chi connectivity index (χ0n) is 16.0. The zero-order valence-corrected chi connectivity index (χ0v) is 16.0. The Morgan fingerprint density at radius 1 is 1.28 bits per heavy atom. The molecule has 1 aliphatic rings. The van der Waals surface area contributed by atoms with Crippen LogP contribution in [0.25, 0.3) is 0 Å². The number of nitrogens with zero attached hydrogens (tertiary/aromatic N) is 1. The van der Waals surface area contributed by atoms with Gasteiger partial charge in [0.25, 0.3) is 0 Å². The molecule has 1 heterocycles. The number of hydrogen-bond donors (Lipinski definition) is 1. The summed E-state index contributed by atoms with van der Waals surface area (Å²) in [6, 6.07) is 8.16. The van der Waals surface area contributed by atoms with E-state index in [4.69, 9.17) is 15.2 Å². The van der Waals surface area contributed by atoms with Gasteiger partial charge in [0.05, 0.1) is 6.61 Å². The fourth-order valence-corrected chi connectivity index (χ4v) is 3.46. The standard InChI is InChI=1S/C20H32N2O3/c1-5-24-18-9-7-6-8-16(18)17(14-21)15-10-12-22(13-11-15)19(23)25-20(2,3)4/h6-9,15,17H,5,10-14,21H2,1-4H3. The van der Waals surface area contributed by atoms with E-state index in [1.807, 2.05) is 50.8 Å². The Morgan fingerprint density at radius 3 is 2.48 bits per heavy atom. The molecule has 1 aliphatic heterocycles. The van der Waals surface area contributed by atoms with Crippen molar-refractivity contribution in [2.45, 2.75) is 52.1 Å². The van der Waals surface area contributed by atoms with Crippen LogP contribution in [0.4, 0.5) is 4.79 Å². The molecule has 5 nitrogen and oxygen atoms in total. The van der Waals surface area contributed by atoms with Crippen LogP contribution >= 0.6 is 0 Å². The summed E-state index contributed by atoms with van der Waals surface area (Å²) < 4.78 is 11.3. The van der Waals surface area contributed by atoms with Crippen LogP contribution < -0.4 is 10.5 Å². The number of amides is 1. The highest BCUT2D eigenvalue weighted by molar-refractivity contribution is 5.68. The van der Waals surface area contributed by atoms with E-state index in [2.05, 4.69) is 6.07 Å². The Morgan fingerprint density at radius 2 is 1.92 bits per heavy atom. The van der Waals surface area contributed by atoms with Crippen molar-refractivity contribution in [1.29, 1.82) is 0 Å². The Hall–Kier alpha value is -1.75. The molecule has 1 unspecified atom stereocenters. The van der Waals surface area contributed by atoms with Crippen LogP contribution in [0.3, 0.4) is 0 Å². The van der Waals surface area contributed by atoms with Gasteiger partial charge in [-0.15, -0.1) is 0 Å². The maximum Gasteiger partial charge on any atom is 0.410 e. The fourth-order valence-electron chi connectivity index (χ4n) is 3.46. The van der Waals surface area contributed by atoms with Crippen LogP contribution in [0, 0.1) is 5.92 Å². The summed E-state index contributed by atoms with van der Waals surface area (Å²) >= 11 is 0. The van der Waals surface area contributed by atoms with E-state index in [0.29, 0.717) is 32.2 Å². The molecule has 0 aromatic heterocycles. The summed E-state index contributed by atoms with van der Waals surface area (Å²) in [7, 11) is 0. The Bertz CT molecular complexity index is 560. The molecule has 1 aromatic carbocycles. The minimum Gasteiger partial charge on any atom is -0.494 e. The third kappa shape index (κ3) is 5.36. The van der Waals surface area contributed by atoms with Gasteiger partial charge in [-0.3, -0.25) is 0 Å². The third-order valence-corrected chi connectivity index (χ3v) is 4.63. The number of rotatable bonds is 5. The average Bonchev–Trinajstić information content (AvgIpc) is 2.56. The van der Waals surface area contributed by atoms with Gasteiger partial charge in [-0.25, -0.2) is 4.79 Å². The van der Waals surface area contributed by atoms with Crippen LogP contribution in [-0.2, 0) is 4.74 Å². The predicted molar refractivity (Wildman–Crippen MR) is 99.9 cm³/mol. The lowest BCUT2D eigenvalue weighted by atomic mass is 9.80. The number of hydrogen-bond acceptors (Lipinski definition) is 4. The Labute approximate surface area is 151 Å². The van der Waals surface area contributed by atoms with Gasteiger partial charge in [0.2, 0.25) is 0 Å². The number of likely N-dealkylation sites (tertiary alicyclic amines) is 1. The SMILES string of the molecule is CCOc1ccccc1C(CN)C1CCN(C(=O)OC(C)(C)C)CC1. The van der Waals surface area contributed by atoms with E-state index < -0.39 is 5.60 Å². The van der Waals surface area contributed by atoms with Gasteiger partial charge in [-0.2, -0.15) is 0 Å². The van der Waals surface area contributed by atoms with Gasteiger partial charge in [0.15, 0.2) is 0 Å². The van der Waals surface area contributed by atoms with Gasteiger partial charge in [-0.05, 0) is 64.6 Å². The molecule has 5 heteroatoms. The van der Waals surface area contributed by atoms with Crippen molar-refractivity contribution in [3.8, 4) is 5.75 Å². The highest BCUT2D eigenvalue weighted by atomic mass is 16.6. The molecule has 0 spiro atoms. The molecule has 140 valence electrons. The van der Waals surface area contributed by atoms with Gasteiger partial charge in [0.1, 0.15) is 11.4 Å². The molecule has 0 radical (unpaired) electrons. The number of para-hydroxylation sites is 1. The first kappa shape index (κ1) is 19.6.